The Balaban J connectivity index is 1.37. The second-order valence-corrected chi connectivity index (χ2v) is 9.74. The summed E-state index contributed by atoms with van der Waals surface area (Å²) in [7, 11) is 0. The molecule has 2 aromatic heterocycles. The molecule has 32 heavy (non-hydrogen) atoms. The first kappa shape index (κ1) is 20.7. The number of imide groups is 1. The average molecular weight is 452 g/mol. The number of benzene rings is 1. The molecule has 3 heterocycles. The van der Waals surface area contributed by atoms with Crippen LogP contribution >= 0.6 is 11.3 Å². The highest BCUT2D eigenvalue weighted by Gasteiger charge is 2.52. The third-order valence-electron chi connectivity index (χ3n) is 6.37. The standard InChI is InChI=1S/C23H25N5O3S/c1-14-6-8-16(9-7-14)13-27-20-17(15(2)25-27)12-18(32-20)19(29)26-28-21(30)23(24-22(28)31)10-4-3-5-11-23/h6-9,12H,3-5,10-11,13H2,1-2H3,(H,24,31)(H,26,29). The molecule has 5 rings (SSSR count). The minimum Gasteiger partial charge on any atom is -0.322 e. The molecule has 1 spiro atoms. The minimum atomic E-state index is -0.867. The van der Waals surface area contributed by atoms with Gasteiger partial charge in [-0.2, -0.15) is 10.1 Å². The Morgan fingerprint density at radius 1 is 1.16 bits per heavy atom. The first-order chi connectivity index (χ1) is 15.4. The number of carbonyl (C=O) groups is 3. The number of amides is 4. The van der Waals surface area contributed by atoms with E-state index in [-0.39, 0.29) is 5.91 Å². The van der Waals surface area contributed by atoms with E-state index < -0.39 is 17.5 Å². The van der Waals surface area contributed by atoms with Crippen molar-refractivity contribution in [1.29, 1.82) is 0 Å². The van der Waals surface area contributed by atoms with E-state index in [4.69, 9.17) is 0 Å². The molecule has 0 bridgehead atoms. The molecule has 4 amide bonds. The normalized spacial score (nSPS) is 17.9. The molecule has 0 unspecified atom stereocenters. The third kappa shape index (κ3) is 3.46. The molecule has 2 fully saturated rings. The number of nitrogens with one attached hydrogen (secondary N) is 2. The van der Waals surface area contributed by atoms with Crippen LogP contribution in [0.25, 0.3) is 10.2 Å². The van der Waals surface area contributed by atoms with E-state index >= 15 is 0 Å². The van der Waals surface area contributed by atoms with E-state index in [1.165, 1.54) is 16.9 Å². The molecule has 1 aliphatic carbocycles. The lowest BCUT2D eigenvalue weighted by Crippen LogP contribution is -2.50. The summed E-state index contributed by atoms with van der Waals surface area (Å²) >= 11 is 1.31. The number of aromatic nitrogens is 2. The lowest BCUT2D eigenvalue weighted by Gasteiger charge is -2.30. The van der Waals surface area contributed by atoms with Crippen molar-refractivity contribution >= 4 is 39.4 Å². The van der Waals surface area contributed by atoms with Gasteiger partial charge in [0.05, 0.1) is 17.1 Å². The first-order valence-corrected chi connectivity index (χ1v) is 11.7. The summed E-state index contributed by atoms with van der Waals surface area (Å²) in [5.41, 5.74) is 4.81. The monoisotopic (exact) mass is 451 g/mol. The second-order valence-electron chi connectivity index (χ2n) is 8.71. The van der Waals surface area contributed by atoms with Crippen LogP contribution in [0.2, 0.25) is 0 Å². The van der Waals surface area contributed by atoms with Crippen molar-refractivity contribution in [2.24, 2.45) is 0 Å². The van der Waals surface area contributed by atoms with E-state index in [0.29, 0.717) is 24.3 Å². The molecule has 1 saturated carbocycles. The smallest absolute Gasteiger partial charge is 0.322 e. The van der Waals surface area contributed by atoms with Gasteiger partial charge in [0.1, 0.15) is 10.4 Å². The fraction of sp³-hybridized carbons (Fsp3) is 0.391. The van der Waals surface area contributed by atoms with E-state index in [2.05, 4.69) is 40.1 Å². The Morgan fingerprint density at radius 3 is 2.59 bits per heavy atom. The molecule has 166 valence electrons. The largest absolute Gasteiger partial charge is 0.344 e. The number of nitrogens with zero attached hydrogens (tertiary/aromatic N) is 3. The SMILES string of the molecule is Cc1ccc(Cn2nc(C)c3cc(C(=O)NN4C(=O)NC5(CCCCC5)C4=O)sc32)cc1. The van der Waals surface area contributed by atoms with Gasteiger partial charge in [-0.3, -0.25) is 19.7 Å². The van der Waals surface area contributed by atoms with Crippen LogP contribution in [-0.2, 0) is 11.3 Å². The van der Waals surface area contributed by atoms with Gasteiger partial charge in [-0.05, 0) is 38.3 Å². The van der Waals surface area contributed by atoms with E-state index in [1.807, 2.05) is 18.5 Å². The highest BCUT2D eigenvalue weighted by molar-refractivity contribution is 7.20. The molecular weight excluding hydrogens is 426 g/mol. The summed E-state index contributed by atoms with van der Waals surface area (Å²) in [5.74, 6) is -0.831. The van der Waals surface area contributed by atoms with Gasteiger partial charge in [0.15, 0.2) is 0 Å². The highest BCUT2D eigenvalue weighted by Crippen LogP contribution is 2.33. The molecule has 9 heteroatoms. The topological polar surface area (TPSA) is 96.3 Å². The van der Waals surface area contributed by atoms with Crippen molar-refractivity contribution in [3.8, 4) is 0 Å². The highest BCUT2D eigenvalue weighted by atomic mass is 32.1. The van der Waals surface area contributed by atoms with Crippen molar-refractivity contribution in [2.45, 2.75) is 58.0 Å². The fourth-order valence-corrected chi connectivity index (χ4v) is 5.62. The van der Waals surface area contributed by atoms with Crippen LogP contribution in [0.15, 0.2) is 30.3 Å². The maximum absolute atomic E-state index is 12.9. The van der Waals surface area contributed by atoms with E-state index in [9.17, 15) is 14.4 Å². The van der Waals surface area contributed by atoms with Crippen molar-refractivity contribution in [1.82, 2.24) is 25.5 Å². The number of aryl methyl sites for hydroxylation is 2. The predicted molar refractivity (Wildman–Crippen MR) is 121 cm³/mol. The molecule has 3 aromatic rings. The van der Waals surface area contributed by atoms with Gasteiger partial charge in [-0.1, -0.05) is 49.1 Å². The fourth-order valence-electron chi connectivity index (χ4n) is 4.57. The summed E-state index contributed by atoms with van der Waals surface area (Å²) in [5, 5.41) is 9.18. The number of fused-ring (bicyclic) bond motifs is 1. The zero-order chi connectivity index (χ0) is 22.5. The van der Waals surface area contributed by atoms with Gasteiger partial charge in [0.25, 0.3) is 11.8 Å². The molecule has 1 aromatic carbocycles. The van der Waals surface area contributed by atoms with Gasteiger partial charge < -0.3 is 5.32 Å². The Kier molecular flexibility index (Phi) is 5.00. The van der Waals surface area contributed by atoms with Crippen molar-refractivity contribution in [3.05, 3.63) is 52.0 Å². The zero-order valence-corrected chi connectivity index (χ0v) is 18.9. The number of hydrogen-bond acceptors (Lipinski definition) is 5. The first-order valence-electron chi connectivity index (χ1n) is 10.9. The number of hydrazine groups is 1. The van der Waals surface area contributed by atoms with Crippen LogP contribution in [-0.4, -0.2) is 38.2 Å². The quantitative estimate of drug-likeness (QED) is 0.592. The summed E-state index contributed by atoms with van der Waals surface area (Å²) in [6, 6.07) is 9.47. The van der Waals surface area contributed by atoms with Crippen molar-refractivity contribution in [3.63, 3.8) is 0 Å². The summed E-state index contributed by atoms with van der Waals surface area (Å²) < 4.78 is 1.89. The molecule has 8 nitrogen and oxygen atoms in total. The zero-order valence-electron chi connectivity index (χ0n) is 18.1. The molecule has 2 N–H and O–H groups in total. The number of carbonyl (C=O) groups excluding carboxylic acids is 3. The maximum atomic E-state index is 12.9. The average Bonchev–Trinajstić information content (AvgIpc) is 3.40. The molecular formula is C23H25N5O3S. The van der Waals surface area contributed by atoms with E-state index in [0.717, 1.165) is 45.7 Å². The number of rotatable bonds is 4. The Bertz CT molecular complexity index is 1220. The van der Waals surface area contributed by atoms with Gasteiger partial charge in [0, 0.05) is 5.39 Å². The predicted octanol–water partition coefficient (Wildman–Crippen LogP) is 3.66. The lowest BCUT2D eigenvalue weighted by molar-refractivity contribution is -0.134. The van der Waals surface area contributed by atoms with Crippen molar-refractivity contribution < 1.29 is 14.4 Å². The van der Waals surface area contributed by atoms with Gasteiger partial charge in [-0.15, -0.1) is 11.3 Å². The van der Waals surface area contributed by atoms with Crippen LogP contribution in [0, 0.1) is 13.8 Å². The van der Waals surface area contributed by atoms with Crippen LogP contribution in [0.5, 0.6) is 0 Å². The minimum absolute atomic E-state index is 0.363. The third-order valence-corrected chi connectivity index (χ3v) is 7.51. The number of hydrogen-bond donors (Lipinski definition) is 2. The van der Waals surface area contributed by atoms with Gasteiger partial charge >= 0.3 is 6.03 Å². The molecule has 1 saturated heterocycles. The van der Waals surface area contributed by atoms with Crippen LogP contribution in [0.4, 0.5) is 4.79 Å². The Labute approximate surface area is 189 Å². The van der Waals surface area contributed by atoms with Crippen molar-refractivity contribution in [2.75, 3.05) is 0 Å². The summed E-state index contributed by atoms with van der Waals surface area (Å²) in [4.78, 5) is 39.6. The molecule has 1 aliphatic heterocycles. The maximum Gasteiger partial charge on any atom is 0.344 e. The lowest BCUT2D eigenvalue weighted by atomic mass is 9.82. The molecule has 2 aliphatic rings. The molecule has 0 radical (unpaired) electrons. The summed E-state index contributed by atoms with van der Waals surface area (Å²) in [6.07, 6.45) is 4.06. The van der Waals surface area contributed by atoms with Gasteiger partial charge in [-0.25, -0.2) is 4.79 Å². The Hall–Kier alpha value is -3.20. The van der Waals surface area contributed by atoms with Crippen LogP contribution < -0.4 is 10.7 Å². The van der Waals surface area contributed by atoms with E-state index in [1.54, 1.807) is 6.07 Å². The number of urea groups is 1. The second kappa shape index (κ2) is 7.74. The summed E-state index contributed by atoms with van der Waals surface area (Å²) in [6.45, 7) is 4.56. The Morgan fingerprint density at radius 2 is 1.88 bits per heavy atom. The molecule has 0 atom stereocenters. The number of thiophene rings is 1. The van der Waals surface area contributed by atoms with Crippen LogP contribution in [0.1, 0.15) is 58.6 Å². The van der Waals surface area contributed by atoms with Gasteiger partial charge in [0.2, 0.25) is 0 Å². The van der Waals surface area contributed by atoms with Crippen LogP contribution in [0.3, 0.4) is 0 Å².